The first-order valence-electron chi connectivity index (χ1n) is 19.3. The molecule has 0 spiro atoms. The number of hydrogen-bond acceptors (Lipinski definition) is 9. The van der Waals surface area contributed by atoms with Crippen LogP contribution in [0, 0.1) is 28.1 Å². The van der Waals surface area contributed by atoms with Crippen LogP contribution in [0.2, 0.25) is 5.02 Å². The van der Waals surface area contributed by atoms with Crippen molar-refractivity contribution in [2.45, 2.75) is 84.7 Å². The molecule has 5 amide bonds. The highest BCUT2D eigenvalue weighted by Gasteiger charge is 2.63. The van der Waals surface area contributed by atoms with E-state index in [0.717, 1.165) is 41.1 Å². The van der Waals surface area contributed by atoms with Crippen molar-refractivity contribution in [1.29, 1.82) is 5.26 Å². The quantitative estimate of drug-likeness (QED) is 0.272. The lowest BCUT2D eigenvalue weighted by Gasteiger charge is -2.63. The Kier molecular flexibility index (Phi) is 9.45. The molecule has 3 fully saturated rings. The third-order valence-electron chi connectivity index (χ3n) is 12.6. The molecule has 3 aromatic carbocycles. The molecule has 1 saturated carbocycles. The molecule has 0 bridgehead atoms. The zero-order chi connectivity index (χ0) is 39.7. The molecule has 4 heterocycles. The van der Waals surface area contributed by atoms with Crippen LogP contribution in [0.15, 0.2) is 54.6 Å². The largest absolute Gasteiger partial charge is 0.489 e. The summed E-state index contributed by atoms with van der Waals surface area (Å²) >= 11 is 6.26. The molecule has 1 aliphatic carbocycles. The van der Waals surface area contributed by atoms with Crippen molar-refractivity contribution in [2.75, 3.05) is 25.0 Å². The number of amides is 5. The summed E-state index contributed by atoms with van der Waals surface area (Å²) in [6.07, 6.45) is 1.89. The number of nitrogens with one attached hydrogen (secondary N) is 2. The molecule has 12 nitrogen and oxygen atoms in total. The Balaban J connectivity index is 0.821. The van der Waals surface area contributed by atoms with Crippen LogP contribution in [-0.2, 0) is 22.7 Å². The summed E-state index contributed by atoms with van der Waals surface area (Å²) in [6.45, 7) is 12.2. The average Bonchev–Trinajstić information content (AvgIpc) is 3.67. The number of halogens is 1. The van der Waals surface area contributed by atoms with Crippen molar-refractivity contribution in [3.63, 3.8) is 0 Å². The van der Waals surface area contributed by atoms with Gasteiger partial charge < -0.3 is 15.0 Å². The first-order chi connectivity index (χ1) is 26.6. The molecule has 56 heavy (non-hydrogen) atoms. The lowest BCUT2D eigenvalue weighted by Crippen LogP contribution is -2.72. The van der Waals surface area contributed by atoms with Crippen LogP contribution in [0.5, 0.6) is 5.75 Å². The highest BCUT2D eigenvalue weighted by molar-refractivity contribution is 6.31. The number of piperidine rings is 2. The Hall–Kier alpha value is -5.25. The fraction of sp³-hybridized carbons (Fsp3) is 0.442. The molecular formula is C43H45ClN6O6. The minimum absolute atomic E-state index is 0.0256. The minimum atomic E-state index is -0.975. The van der Waals surface area contributed by atoms with Crippen molar-refractivity contribution < 1.29 is 28.7 Å². The fourth-order valence-corrected chi connectivity index (χ4v) is 10.1. The van der Waals surface area contributed by atoms with Gasteiger partial charge in [-0.3, -0.25) is 39.1 Å². The molecule has 1 atom stereocenters. The van der Waals surface area contributed by atoms with Gasteiger partial charge in [0.1, 0.15) is 24.0 Å². The third kappa shape index (κ3) is 6.50. The maximum atomic E-state index is 13.6. The lowest BCUT2D eigenvalue weighted by atomic mass is 9.49. The van der Waals surface area contributed by atoms with Crippen molar-refractivity contribution in [2.24, 2.45) is 16.7 Å². The molecule has 0 unspecified atom stereocenters. The van der Waals surface area contributed by atoms with E-state index >= 15 is 0 Å². The van der Waals surface area contributed by atoms with E-state index in [1.54, 1.807) is 30.3 Å². The number of hydrogen-bond donors (Lipinski definition) is 2. The Morgan fingerprint density at radius 3 is 2.11 bits per heavy atom. The molecule has 2 saturated heterocycles. The Bertz CT molecular complexity index is 2140. The number of likely N-dealkylation sites (tertiary alicyclic amines) is 1. The van der Waals surface area contributed by atoms with Crippen LogP contribution in [0.1, 0.15) is 101 Å². The highest BCUT2D eigenvalue weighted by Crippen LogP contribution is 2.56. The number of imide groups is 2. The van der Waals surface area contributed by atoms with E-state index in [1.165, 1.54) is 0 Å². The van der Waals surface area contributed by atoms with Gasteiger partial charge in [0.25, 0.3) is 17.7 Å². The standard InChI is InChI=1S/C43H45ClN6O6/c1-42(2)40(43(3,4)41(42)56-30-10-7-26(20-45)33(44)19-30)46-29-8-5-25(6-9-29)37(53)49-15-13-24(14-16-49)21-48-22-27-17-31-32(18-28(27)23-48)39(55)50(38(31)54)34-11-12-35(51)47-36(34)52/h5-10,17-19,24,34,40-41,46H,11-16,21-23H2,1-4H3,(H,47,51,52)/t34-,40?,41?/m0/s1. The number of carbonyl (C=O) groups is 5. The summed E-state index contributed by atoms with van der Waals surface area (Å²) in [5.41, 5.74) is 4.20. The van der Waals surface area contributed by atoms with Crippen LogP contribution >= 0.6 is 11.6 Å². The van der Waals surface area contributed by atoms with Gasteiger partial charge in [-0.05, 0) is 84.8 Å². The van der Waals surface area contributed by atoms with Crippen LogP contribution < -0.4 is 15.4 Å². The molecule has 2 N–H and O–H groups in total. The van der Waals surface area contributed by atoms with E-state index in [2.05, 4.69) is 49.3 Å². The maximum absolute atomic E-state index is 13.6. The monoisotopic (exact) mass is 776 g/mol. The topological polar surface area (TPSA) is 152 Å². The predicted octanol–water partition coefficient (Wildman–Crippen LogP) is 5.77. The molecule has 0 radical (unpaired) electrons. The number of benzene rings is 3. The molecule has 8 rings (SSSR count). The minimum Gasteiger partial charge on any atom is -0.489 e. The second-order valence-electron chi connectivity index (χ2n) is 17.1. The van der Waals surface area contributed by atoms with E-state index < -0.39 is 29.7 Å². The number of anilines is 1. The fourth-order valence-electron chi connectivity index (χ4n) is 9.91. The van der Waals surface area contributed by atoms with Crippen molar-refractivity contribution in [3.8, 4) is 11.8 Å². The van der Waals surface area contributed by atoms with E-state index in [9.17, 15) is 29.2 Å². The van der Waals surface area contributed by atoms with Crippen molar-refractivity contribution >= 4 is 46.8 Å². The summed E-state index contributed by atoms with van der Waals surface area (Å²) in [6, 6.07) is 17.7. The summed E-state index contributed by atoms with van der Waals surface area (Å²) < 4.78 is 6.43. The number of ether oxygens (including phenoxy) is 1. The molecule has 290 valence electrons. The van der Waals surface area contributed by atoms with Gasteiger partial charge in [0, 0.05) is 73.3 Å². The molecule has 4 aliphatic heterocycles. The van der Waals surface area contributed by atoms with Gasteiger partial charge >= 0.3 is 0 Å². The number of rotatable bonds is 8. The first-order valence-corrected chi connectivity index (χ1v) is 19.7. The molecule has 3 aromatic rings. The summed E-state index contributed by atoms with van der Waals surface area (Å²) in [5.74, 6) is -0.904. The summed E-state index contributed by atoms with van der Waals surface area (Å²) in [7, 11) is 0. The summed E-state index contributed by atoms with van der Waals surface area (Å²) in [5, 5.41) is 15.5. The van der Waals surface area contributed by atoms with E-state index in [0.29, 0.717) is 65.1 Å². The van der Waals surface area contributed by atoms with Gasteiger partial charge in [-0.2, -0.15) is 5.26 Å². The lowest BCUT2D eigenvalue weighted by molar-refractivity contribution is -0.147. The molecule has 5 aliphatic rings. The molecular weight excluding hydrogens is 732 g/mol. The second kappa shape index (κ2) is 14.0. The van der Waals surface area contributed by atoms with Gasteiger partial charge in [0.15, 0.2) is 0 Å². The van der Waals surface area contributed by atoms with E-state index in [-0.39, 0.29) is 41.7 Å². The number of carbonyl (C=O) groups excluding carboxylic acids is 5. The highest BCUT2D eigenvalue weighted by atomic mass is 35.5. The van der Waals surface area contributed by atoms with Gasteiger partial charge in [-0.15, -0.1) is 0 Å². The second-order valence-corrected chi connectivity index (χ2v) is 17.5. The maximum Gasteiger partial charge on any atom is 0.262 e. The molecule has 0 aromatic heterocycles. The van der Waals surface area contributed by atoms with Crippen molar-refractivity contribution in [3.05, 3.63) is 93.0 Å². The molecule has 13 heteroatoms. The average molecular weight is 777 g/mol. The number of nitriles is 1. The van der Waals surface area contributed by atoms with Gasteiger partial charge in [-0.25, -0.2) is 0 Å². The van der Waals surface area contributed by atoms with Crippen LogP contribution in [0.3, 0.4) is 0 Å². The summed E-state index contributed by atoms with van der Waals surface area (Å²) in [4.78, 5) is 69.5. The Morgan fingerprint density at radius 2 is 1.54 bits per heavy atom. The third-order valence-corrected chi connectivity index (χ3v) is 12.9. The van der Waals surface area contributed by atoms with Gasteiger partial charge in [-0.1, -0.05) is 39.3 Å². The van der Waals surface area contributed by atoms with Crippen LogP contribution in [0.4, 0.5) is 5.69 Å². The zero-order valence-corrected chi connectivity index (χ0v) is 32.7. The smallest absolute Gasteiger partial charge is 0.262 e. The first kappa shape index (κ1) is 37.7. The van der Waals surface area contributed by atoms with E-state index in [1.807, 2.05) is 29.2 Å². The van der Waals surface area contributed by atoms with Crippen LogP contribution in [-0.4, -0.2) is 82.1 Å². The Morgan fingerprint density at radius 1 is 0.911 bits per heavy atom. The van der Waals surface area contributed by atoms with Crippen LogP contribution in [0.25, 0.3) is 0 Å². The number of fused-ring (bicyclic) bond motifs is 2. The Labute approximate surface area is 331 Å². The zero-order valence-electron chi connectivity index (χ0n) is 32.0. The predicted molar refractivity (Wildman–Crippen MR) is 208 cm³/mol. The SMILES string of the molecule is CC1(C)C(Nc2ccc(C(=O)N3CCC(CN4Cc5cc6c(cc5C4)C(=O)N([C@H]4CCC(=O)NC4=O)C6=O)CC3)cc2)C(C)(C)C1Oc1ccc(C#N)c(Cl)c1. The number of nitrogens with zero attached hydrogens (tertiary/aromatic N) is 4. The van der Waals surface area contributed by atoms with E-state index in [4.69, 9.17) is 16.3 Å². The normalized spacial score (nSPS) is 24.2. The van der Waals surface area contributed by atoms with Gasteiger partial charge in [0.05, 0.1) is 21.7 Å². The van der Waals surface area contributed by atoms with Gasteiger partial charge in [0.2, 0.25) is 11.8 Å². The van der Waals surface area contributed by atoms with Crippen molar-refractivity contribution in [1.82, 2.24) is 20.0 Å².